The topological polar surface area (TPSA) is 41.5 Å². The molecule has 2 N–H and O–H groups in total. The van der Waals surface area contributed by atoms with Crippen LogP contribution in [-0.4, -0.2) is 24.9 Å². The van der Waals surface area contributed by atoms with Crippen LogP contribution < -0.4 is 10.1 Å². The molecule has 2 rings (SSSR count). The molecular weight excluding hydrogens is 238 g/mol. The van der Waals surface area contributed by atoms with Crippen molar-refractivity contribution in [3.63, 3.8) is 0 Å². The van der Waals surface area contributed by atoms with Gasteiger partial charge in [0.1, 0.15) is 5.75 Å². The number of methoxy groups -OCH3 is 1. The van der Waals surface area contributed by atoms with Crippen molar-refractivity contribution in [1.29, 1.82) is 0 Å². The number of benzene rings is 2. The fourth-order valence-electron chi connectivity index (χ4n) is 2.24. The third-order valence-corrected chi connectivity index (χ3v) is 3.19. The molecule has 19 heavy (non-hydrogen) atoms. The van der Waals surface area contributed by atoms with Gasteiger partial charge in [-0.05, 0) is 34.5 Å². The van der Waals surface area contributed by atoms with Gasteiger partial charge in [-0.25, -0.2) is 0 Å². The standard InChI is InChI=1S/C16H21NO2/c1-11(2)17-16(10-18)14-5-4-13-9-15(19-3)7-6-12(13)8-14/h4-9,11,16-18H,10H2,1-3H3. The Labute approximate surface area is 114 Å². The Kier molecular flexibility index (Phi) is 4.40. The van der Waals surface area contributed by atoms with Gasteiger partial charge in [0.25, 0.3) is 0 Å². The van der Waals surface area contributed by atoms with E-state index in [1.165, 1.54) is 0 Å². The van der Waals surface area contributed by atoms with Crippen molar-refractivity contribution in [3.8, 4) is 5.75 Å². The second-order valence-electron chi connectivity index (χ2n) is 5.03. The molecule has 0 bridgehead atoms. The second kappa shape index (κ2) is 6.04. The van der Waals surface area contributed by atoms with Crippen molar-refractivity contribution >= 4 is 10.8 Å². The molecule has 0 aliphatic heterocycles. The molecule has 1 atom stereocenters. The first-order valence-electron chi connectivity index (χ1n) is 6.58. The van der Waals surface area contributed by atoms with Gasteiger partial charge < -0.3 is 15.2 Å². The zero-order valence-electron chi connectivity index (χ0n) is 11.7. The van der Waals surface area contributed by atoms with Crippen LogP contribution in [0.15, 0.2) is 36.4 Å². The summed E-state index contributed by atoms with van der Waals surface area (Å²) in [6.45, 7) is 4.25. The minimum Gasteiger partial charge on any atom is -0.497 e. The van der Waals surface area contributed by atoms with E-state index < -0.39 is 0 Å². The summed E-state index contributed by atoms with van der Waals surface area (Å²) in [5.74, 6) is 0.860. The first kappa shape index (κ1) is 13.8. The molecule has 0 fully saturated rings. The van der Waals surface area contributed by atoms with Crippen LogP contribution >= 0.6 is 0 Å². The van der Waals surface area contributed by atoms with E-state index in [9.17, 15) is 5.11 Å². The van der Waals surface area contributed by atoms with Crippen LogP contribution in [0.25, 0.3) is 10.8 Å². The van der Waals surface area contributed by atoms with Gasteiger partial charge in [-0.2, -0.15) is 0 Å². The largest absolute Gasteiger partial charge is 0.497 e. The van der Waals surface area contributed by atoms with Crippen molar-refractivity contribution in [2.24, 2.45) is 0 Å². The van der Waals surface area contributed by atoms with E-state index in [0.29, 0.717) is 6.04 Å². The van der Waals surface area contributed by atoms with Crippen molar-refractivity contribution in [2.45, 2.75) is 25.9 Å². The minimum atomic E-state index is -0.0218. The number of aliphatic hydroxyl groups is 1. The van der Waals surface area contributed by atoms with Crippen LogP contribution in [-0.2, 0) is 0 Å². The molecule has 102 valence electrons. The highest BCUT2D eigenvalue weighted by atomic mass is 16.5. The average molecular weight is 259 g/mol. The first-order chi connectivity index (χ1) is 9.13. The molecule has 3 nitrogen and oxygen atoms in total. The van der Waals surface area contributed by atoms with E-state index in [2.05, 4.69) is 37.4 Å². The Morgan fingerprint density at radius 3 is 2.42 bits per heavy atom. The monoisotopic (exact) mass is 259 g/mol. The van der Waals surface area contributed by atoms with E-state index in [0.717, 1.165) is 22.1 Å². The number of ether oxygens (including phenoxy) is 1. The Bertz CT molecular complexity index is 551. The summed E-state index contributed by atoms with van der Waals surface area (Å²) in [5.41, 5.74) is 1.11. The van der Waals surface area contributed by atoms with E-state index in [4.69, 9.17) is 4.74 Å². The maximum atomic E-state index is 9.50. The molecule has 0 saturated heterocycles. The van der Waals surface area contributed by atoms with Crippen LogP contribution in [0.4, 0.5) is 0 Å². The lowest BCUT2D eigenvalue weighted by atomic mass is 10.0. The molecule has 0 aliphatic carbocycles. The van der Waals surface area contributed by atoms with Gasteiger partial charge in [-0.1, -0.05) is 32.0 Å². The summed E-state index contributed by atoms with van der Waals surface area (Å²) < 4.78 is 5.22. The van der Waals surface area contributed by atoms with Crippen molar-refractivity contribution < 1.29 is 9.84 Å². The number of fused-ring (bicyclic) bond motifs is 1. The molecule has 0 saturated carbocycles. The molecule has 1 unspecified atom stereocenters. The number of hydrogen-bond donors (Lipinski definition) is 2. The van der Waals surface area contributed by atoms with Gasteiger partial charge in [-0.3, -0.25) is 0 Å². The SMILES string of the molecule is COc1ccc2cc(C(CO)NC(C)C)ccc2c1. The molecule has 0 aromatic heterocycles. The quantitative estimate of drug-likeness (QED) is 0.867. The van der Waals surface area contributed by atoms with Crippen LogP contribution in [0, 0.1) is 0 Å². The highest BCUT2D eigenvalue weighted by Crippen LogP contribution is 2.24. The van der Waals surface area contributed by atoms with Crippen LogP contribution in [0.1, 0.15) is 25.5 Å². The Morgan fingerprint density at radius 2 is 1.79 bits per heavy atom. The summed E-state index contributed by atoms with van der Waals surface area (Å²) in [6.07, 6.45) is 0. The fraction of sp³-hybridized carbons (Fsp3) is 0.375. The summed E-state index contributed by atoms with van der Waals surface area (Å²) in [6, 6.07) is 12.6. The third kappa shape index (κ3) is 3.25. The van der Waals surface area contributed by atoms with Gasteiger partial charge in [0, 0.05) is 6.04 Å². The third-order valence-electron chi connectivity index (χ3n) is 3.19. The molecular formula is C16H21NO2. The van der Waals surface area contributed by atoms with E-state index in [1.807, 2.05) is 18.2 Å². The highest BCUT2D eigenvalue weighted by Gasteiger charge is 2.11. The van der Waals surface area contributed by atoms with E-state index in [-0.39, 0.29) is 12.6 Å². The molecule has 3 heteroatoms. The smallest absolute Gasteiger partial charge is 0.119 e. The van der Waals surface area contributed by atoms with Gasteiger partial charge in [-0.15, -0.1) is 0 Å². The average Bonchev–Trinajstić information content (AvgIpc) is 2.43. The summed E-state index contributed by atoms with van der Waals surface area (Å²) >= 11 is 0. The van der Waals surface area contributed by atoms with Crippen molar-refractivity contribution in [1.82, 2.24) is 5.32 Å². The molecule has 0 aliphatic rings. The molecule has 0 spiro atoms. The number of rotatable bonds is 5. The van der Waals surface area contributed by atoms with Crippen LogP contribution in [0.3, 0.4) is 0 Å². The van der Waals surface area contributed by atoms with E-state index in [1.54, 1.807) is 7.11 Å². The molecule has 0 amide bonds. The van der Waals surface area contributed by atoms with Gasteiger partial charge in [0.2, 0.25) is 0 Å². The van der Waals surface area contributed by atoms with Gasteiger partial charge in [0.15, 0.2) is 0 Å². The normalized spacial score (nSPS) is 12.9. The predicted molar refractivity (Wildman–Crippen MR) is 78.6 cm³/mol. The zero-order valence-corrected chi connectivity index (χ0v) is 11.7. The van der Waals surface area contributed by atoms with E-state index >= 15 is 0 Å². The fourth-order valence-corrected chi connectivity index (χ4v) is 2.24. The Morgan fingerprint density at radius 1 is 1.11 bits per heavy atom. The Hall–Kier alpha value is -1.58. The van der Waals surface area contributed by atoms with Crippen molar-refractivity contribution in [3.05, 3.63) is 42.0 Å². The second-order valence-corrected chi connectivity index (χ2v) is 5.03. The first-order valence-corrected chi connectivity index (χ1v) is 6.58. The lowest BCUT2D eigenvalue weighted by molar-refractivity contribution is 0.237. The number of hydrogen-bond acceptors (Lipinski definition) is 3. The lowest BCUT2D eigenvalue weighted by Crippen LogP contribution is -2.30. The summed E-state index contributed by atoms with van der Waals surface area (Å²) in [5, 5.41) is 15.2. The molecule has 0 radical (unpaired) electrons. The van der Waals surface area contributed by atoms with Gasteiger partial charge >= 0.3 is 0 Å². The zero-order chi connectivity index (χ0) is 13.8. The number of nitrogens with one attached hydrogen (secondary N) is 1. The Balaban J connectivity index is 2.35. The molecule has 2 aromatic carbocycles. The molecule has 0 heterocycles. The maximum absolute atomic E-state index is 9.50. The summed E-state index contributed by atoms with van der Waals surface area (Å²) in [7, 11) is 1.67. The van der Waals surface area contributed by atoms with Crippen LogP contribution in [0.2, 0.25) is 0 Å². The minimum absolute atomic E-state index is 0.0218. The maximum Gasteiger partial charge on any atom is 0.119 e. The number of aliphatic hydroxyl groups excluding tert-OH is 1. The molecule has 2 aromatic rings. The van der Waals surface area contributed by atoms with Crippen molar-refractivity contribution in [2.75, 3.05) is 13.7 Å². The highest BCUT2D eigenvalue weighted by molar-refractivity contribution is 5.84. The summed E-state index contributed by atoms with van der Waals surface area (Å²) in [4.78, 5) is 0. The van der Waals surface area contributed by atoms with Gasteiger partial charge in [0.05, 0.1) is 19.8 Å². The van der Waals surface area contributed by atoms with Crippen LogP contribution in [0.5, 0.6) is 5.75 Å². The lowest BCUT2D eigenvalue weighted by Gasteiger charge is -2.20. The predicted octanol–water partition coefficient (Wildman–Crippen LogP) is 2.88.